The number of nitrogens with one attached hydrogen (secondary N) is 1. The molecule has 3 aliphatic heterocycles. The number of carbonyl (C=O) groups excluding carboxylic acids is 3. The van der Waals surface area contributed by atoms with Crippen LogP contribution in [0.3, 0.4) is 0 Å². The molecule has 1 aromatic carbocycles. The Labute approximate surface area is 196 Å². The quantitative estimate of drug-likeness (QED) is 0.638. The molecule has 2 unspecified atom stereocenters. The Morgan fingerprint density at radius 2 is 1.91 bits per heavy atom. The molecule has 4 rings (SSSR count). The van der Waals surface area contributed by atoms with Crippen molar-refractivity contribution < 1.29 is 19.1 Å². The van der Waals surface area contributed by atoms with Crippen LogP contribution in [0.2, 0.25) is 0 Å². The average molecular weight is 457 g/mol. The predicted molar refractivity (Wildman–Crippen MR) is 126 cm³/mol. The summed E-state index contributed by atoms with van der Waals surface area (Å²) in [7, 11) is 3.87. The topological polar surface area (TPSA) is 82.2 Å². The van der Waals surface area contributed by atoms with Crippen LogP contribution in [0.1, 0.15) is 55.8 Å². The van der Waals surface area contributed by atoms with Gasteiger partial charge in [0.25, 0.3) is 11.8 Å². The van der Waals surface area contributed by atoms with E-state index in [1.54, 1.807) is 0 Å². The second-order valence-electron chi connectivity index (χ2n) is 9.68. The molecule has 8 heteroatoms. The summed E-state index contributed by atoms with van der Waals surface area (Å²) >= 11 is 0. The largest absolute Gasteiger partial charge is 0.377 e. The van der Waals surface area contributed by atoms with Gasteiger partial charge in [0.2, 0.25) is 0 Å². The molecular formula is C25H36N4O4. The standard InChI is InChI=1S/C25H36N4O4/c1-4-13-25(23(31)29(24(32)26-25)17-19-8-7-16-33-19)18-11-14-28(15-12-18)22(30)20-9-5-6-10-21(20)27(2)3/h5-6,9-10,18-19H,4,7-8,11-17H2,1-3H3,(H,26,32). The van der Waals surface area contributed by atoms with E-state index in [4.69, 9.17) is 4.74 Å². The maximum absolute atomic E-state index is 13.6. The summed E-state index contributed by atoms with van der Waals surface area (Å²) in [6, 6.07) is 7.34. The first-order valence-corrected chi connectivity index (χ1v) is 12.2. The van der Waals surface area contributed by atoms with E-state index in [1.165, 1.54) is 4.90 Å². The van der Waals surface area contributed by atoms with Crippen LogP contribution < -0.4 is 10.2 Å². The Hall–Kier alpha value is -2.61. The van der Waals surface area contributed by atoms with Gasteiger partial charge in [0, 0.05) is 39.5 Å². The number of nitrogens with zero attached hydrogens (tertiary/aromatic N) is 3. The molecular weight excluding hydrogens is 420 g/mol. The Balaban J connectivity index is 1.46. The van der Waals surface area contributed by atoms with Crippen molar-refractivity contribution in [2.45, 2.75) is 57.1 Å². The minimum absolute atomic E-state index is 0.0107. The molecule has 0 radical (unpaired) electrons. The molecule has 33 heavy (non-hydrogen) atoms. The molecule has 0 spiro atoms. The maximum Gasteiger partial charge on any atom is 0.325 e. The fraction of sp³-hybridized carbons (Fsp3) is 0.640. The molecule has 1 aromatic rings. The smallest absolute Gasteiger partial charge is 0.325 e. The van der Waals surface area contributed by atoms with Crippen LogP contribution >= 0.6 is 0 Å². The van der Waals surface area contributed by atoms with Crippen molar-refractivity contribution in [1.29, 1.82) is 0 Å². The van der Waals surface area contributed by atoms with Gasteiger partial charge in [-0.1, -0.05) is 25.5 Å². The van der Waals surface area contributed by atoms with Crippen molar-refractivity contribution in [3.05, 3.63) is 29.8 Å². The number of piperidine rings is 1. The van der Waals surface area contributed by atoms with Gasteiger partial charge in [0.1, 0.15) is 5.54 Å². The normalized spacial score (nSPS) is 26.1. The summed E-state index contributed by atoms with van der Waals surface area (Å²) < 4.78 is 5.67. The zero-order valence-corrected chi connectivity index (χ0v) is 20.0. The van der Waals surface area contributed by atoms with Crippen LogP contribution in [0.4, 0.5) is 10.5 Å². The minimum Gasteiger partial charge on any atom is -0.377 e. The van der Waals surface area contributed by atoms with E-state index in [1.807, 2.05) is 55.1 Å². The van der Waals surface area contributed by atoms with E-state index >= 15 is 0 Å². The van der Waals surface area contributed by atoms with Crippen molar-refractivity contribution in [2.75, 3.05) is 45.2 Å². The molecule has 3 aliphatic rings. The van der Waals surface area contributed by atoms with Gasteiger partial charge in [-0.25, -0.2) is 4.79 Å². The van der Waals surface area contributed by atoms with Crippen molar-refractivity contribution >= 4 is 23.5 Å². The van der Waals surface area contributed by atoms with E-state index in [-0.39, 0.29) is 29.9 Å². The molecule has 3 saturated heterocycles. The number of ether oxygens (including phenoxy) is 1. The first-order valence-electron chi connectivity index (χ1n) is 12.2. The lowest BCUT2D eigenvalue weighted by atomic mass is 9.74. The zero-order valence-electron chi connectivity index (χ0n) is 20.0. The lowest BCUT2D eigenvalue weighted by Gasteiger charge is -2.41. The summed E-state index contributed by atoms with van der Waals surface area (Å²) in [5.41, 5.74) is 0.716. The number of likely N-dealkylation sites (tertiary alicyclic amines) is 1. The van der Waals surface area contributed by atoms with Crippen molar-refractivity contribution in [3.8, 4) is 0 Å². The Morgan fingerprint density at radius 1 is 1.18 bits per heavy atom. The van der Waals surface area contributed by atoms with Gasteiger partial charge in [-0.15, -0.1) is 0 Å². The first kappa shape index (κ1) is 23.5. The van der Waals surface area contributed by atoms with E-state index in [9.17, 15) is 14.4 Å². The fourth-order valence-corrected chi connectivity index (χ4v) is 5.64. The monoisotopic (exact) mass is 456 g/mol. The van der Waals surface area contributed by atoms with Crippen molar-refractivity contribution in [3.63, 3.8) is 0 Å². The summed E-state index contributed by atoms with van der Waals surface area (Å²) in [6.45, 7) is 4.21. The number of amides is 4. The summed E-state index contributed by atoms with van der Waals surface area (Å²) in [5, 5.41) is 3.08. The highest BCUT2D eigenvalue weighted by molar-refractivity contribution is 6.07. The molecule has 180 valence electrons. The van der Waals surface area contributed by atoms with Gasteiger partial charge in [-0.2, -0.15) is 0 Å². The maximum atomic E-state index is 13.6. The van der Waals surface area contributed by atoms with Crippen LogP contribution in [0, 0.1) is 5.92 Å². The summed E-state index contributed by atoms with van der Waals surface area (Å²) in [6.07, 6.45) is 4.58. The number of hydrogen-bond acceptors (Lipinski definition) is 5. The molecule has 0 aromatic heterocycles. The number of carbonyl (C=O) groups is 3. The molecule has 3 fully saturated rings. The third kappa shape index (κ3) is 4.45. The number of benzene rings is 1. The molecule has 1 N–H and O–H groups in total. The number of rotatable bonds is 7. The van der Waals surface area contributed by atoms with Crippen LogP contribution in [-0.4, -0.2) is 79.6 Å². The van der Waals surface area contributed by atoms with E-state index in [2.05, 4.69) is 5.32 Å². The second-order valence-corrected chi connectivity index (χ2v) is 9.68. The molecule has 0 aliphatic carbocycles. The third-order valence-corrected chi connectivity index (χ3v) is 7.35. The number of para-hydroxylation sites is 1. The highest BCUT2D eigenvalue weighted by atomic mass is 16.5. The SMILES string of the molecule is CCCC1(C2CCN(C(=O)c3ccccc3N(C)C)CC2)NC(=O)N(CC2CCCO2)C1=O. The molecule has 3 heterocycles. The molecule has 4 amide bonds. The van der Waals surface area contributed by atoms with Crippen molar-refractivity contribution in [1.82, 2.24) is 15.1 Å². The van der Waals surface area contributed by atoms with E-state index < -0.39 is 5.54 Å². The summed E-state index contributed by atoms with van der Waals surface area (Å²) in [5.74, 6) is -0.0896. The van der Waals surface area contributed by atoms with Gasteiger partial charge in [-0.05, 0) is 50.2 Å². The minimum atomic E-state index is -0.874. The van der Waals surface area contributed by atoms with Crippen LogP contribution in [-0.2, 0) is 9.53 Å². The van der Waals surface area contributed by atoms with Gasteiger partial charge >= 0.3 is 6.03 Å². The Morgan fingerprint density at radius 3 is 2.55 bits per heavy atom. The van der Waals surface area contributed by atoms with Crippen LogP contribution in [0.15, 0.2) is 24.3 Å². The molecule has 0 saturated carbocycles. The Kier molecular flexibility index (Phi) is 6.93. The van der Waals surface area contributed by atoms with Crippen LogP contribution in [0.25, 0.3) is 0 Å². The summed E-state index contributed by atoms with van der Waals surface area (Å²) in [4.78, 5) is 44.9. The second kappa shape index (κ2) is 9.71. The number of imide groups is 1. The Bertz CT molecular complexity index is 890. The van der Waals surface area contributed by atoms with Gasteiger partial charge in [-0.3, -0.25) is 14.5 Å². The average Bonchev–Trinajstić information content (AvgIpc) is 3.42. The molecule has 8 nitrogen and oxygen atoms in total. The first-order chi connectivity index (χ1) is 15.9. The third-order valence-electron chi connectivity index (χ3n) is 7.35. The van der Waals surface area contributed by atoms with Gasteiger partial charge < -0.3 is 19.9 Å². The van der Waals surface area contributed by atoms with Gasteiger partial charge in [0.15, 0.2) is 0 Å². The lowest BCUT2D eigenvalue weighted by molar-refractivity contribution is -0.135. The fourth-order valence-electron chi connectivity index (χ4n) is 5.64. The van der Waals surface area contributed by atoms with Gasteiger partial charge in [0.05, 0.1) is 18.2 Å². The van der Waals surface area contributed by atoms with E-state index in [0.29, 0.717) is 51.1 Å². The number of anilines is 1. The zero-order chi connectivity index (χ0) is 23.6. The van der Waals surface area contributed by atoms with Crippen molar-refractivity contribution in [2.24, 2.45) is 5.92 Å². The predicted octanol–water partition coefficient (Wildman–Crippen LogP) is 2.87. The van der Waals surface area contributed by atoms with Crippen LogP contribution in [0.5, 0.6) is 0 Å². The highest BCUT2D eigenvalue weighted by Gasteiger charge is 2.55. The van der Waals surface area contributed by atoms with E-state index in [0.717, 1.165) is 24.9 Å². The number of urea groups is 1. The molecule has 2 atom stereocenters. The highest BCUT2D eigenvalue weighted by Crippen LogP contribution is 2.38. The lowest BCUT2D eigenvalue weighted by Crippen LogP contribution is -2.56. The molecule has 0 bridgehead atoms. The number of hydrogen-bond donors (Lipinski definition) is 1.